The fourth-order valence-electron chi connectivity index (χ4n) is 1.70. The van der Waals surface area contributed by atoms with Gasteiger partial charge in [-0.1, -0.05) is 48.5 Å². The number of hydrogen-bond acceptors (Lipinski definition) is 3. The molecule has 0 atom stereocenters. The molecule has 1 N–H and O–H groups in total. The Kier molecular flexibility index (Phi) is 6.51. The van der Waals surface area contributed by atoms with E-state index in [0.717, 1.165) is 0 Å². The number of ketones is 1. The maximum absolute atomic E-state index is 12.2. The molecule has 0 bridgehead atoms. The Morgan fingerprint density at radius 2 is 1.62 bits per heavy atom. The zero-order valence-corrected chi connectivity index (χ0v) is 14.2. The average molecular weight is 312 g/mol. The SMILES string of the molecule is O=C(c1ccccc1)c1cccc(/C=C/S(=O)(=O)O)c1.[H-].[Na+]. The van der Waals surface area contributed by atoms with Crippen molar-refractivity contribution in [2.75, 3.05) is 0 Å². The molecule has 0 fully saturated rings. The summed E-state index contributed by atoms with van der Waals surface area (Å²) in [5.74, 6) is -0.146. The maximum Gasteiger partial charge on any atom is 1.00 e. The molecule has 0 heterocycles. The summed E-state index contributed by atoms with van der Waals surface area (Å²) in [6.45, 7) is 0. The van der Waals surface area contributed by atoms with Crippen LogP contribution in [0.4, 0.5) is 0 Å². The monoisotopic (exact) mass is 312 g/mol. The first-order valence-corrected chi connectivity index (χ1v) is 7.31. The zero-order chi connectivity index (χ0) is 14.6. The first-order chi connectivity index (χ1) is 9.46. The molecule has 0 saturated carbocycles. The van der Waals surface area contributed by atoms with E-state index < -0.39 is 10.1 Å². The van der Waals surface area contributed by atoms with Gasteiger partial charge in [-0.3, -0.25) is 9.35 Å². The minimum Gasteiger partial charge on any atom is -1.00 e. The van der Waals surface area contributed by atoms with Crippen molar-refractivity contribution >= 4 is 22.0 Å². The predicted molar refractivity (Wildman–Crippen MR) is 78.0 cm³/mol. The summed E-state index contributed by atoms with van der Waals surface area (Å²) < 4.78 is 29.9. The summed E-state index contributed by atoms with van der Waals surface area (Å²) in [7, 11) is -4.17. The van der Waals surface area contributed by atoms with Gasteiger partial charge in [0.05, 0.1) is 5.41 Å². The van der Waals surface area contributed by atoms with Crippen LogP contribution in [-0.4, -0.2) is 18.8 Å². The molecule has 104 valence electrons. The number of benzene rings is 2. The molecule has 2 aromatic rings. The van der Waals surface area contributed by atoms with Gasteiger partial charge in [-0.05, 0) is 17.7 Å². The second-order valence-corrected chi connectivity index (χ2v) is 5.44. The smallest absolute Gasteiger partial charge is 1.00 e. The largest absolute Gasteiger partial charge is 1.00 e. The molecule has 0 aliphatic heterocycles. The molecule has 6 heteroatoms. The third-order valence-corrected chi connectivity index (χ3v) is 3.10. The van der Waals surface area contributed by atoms with Crippen molar-refractivity contribution in [2.45, 2.75) is 0 Å². The second kappa shape index (κ2) is 7.68. The maximum atomic E-state index is 12.2. The van der Waals surface area contributed by atoms with Crippen molar-refractivity contribution in [1.82, 2.24) is 0 Å². The molecule has 0 aromatic heterocycles. The van der Waals surface area contributed by atoms with E-state index in [1.165, 1.54) is 6.08 Å². The quantitative estimate of drug-likeness (QED) is 0.486. The van der Waals surface area contributed by atoms with Crippen molar-refractivity contribution in [3.63, 3.8) is 0 Å². The van der Waals surface area contributed by atoms with E-state index in [2.05, 4.69) is 0 Å². The summed E-state index contributed by atoms with van der Waals surface area (Å²) in [5, 5.41) is 0.680. The van der Waals surface area contributed by atoms with E-state index in [4.69, 9.17) is 4.55 Å². The van der Waals surface area contributed by atoms with Gasteiger partial charge in [0.1, 0.15) is 0 Å². The third kappa shape index (κ3) is 5.57. The van der Waals surface area contributed by atoms with Crippen molar-refractivity contribution in [3.05, 3.63) is 76.7 Å². The van der Waals surface area contributed by atoms with Gasteiger partial charge in [-0.15, -0.1) is 0 Å². The number of carbonyl (C=O) groups is 1. The Bertz CT molecular complexity index is 758. The first-order valence-electron chi connectivity index (χ1n) is 5.81. The molecule has 0 aliphatic carbocycles. The molecular formula is C15H13NaO4S. The van der Waals surface area contributed by atoms with Crippen LogP contribution in [0.15, 0.2) is 60.0 Å². The molecule has 2 rings (SSSR count). The van der Waals surface area contributed by atoms with Gasteiger partial charge in [-0.2, -0.15) is 8.42 Å². The Morgan fingerprint density at radius 3 is 2.24 bits per heavy atom. The zero-order valence-electron chi connectivity index (χ0n) is 12.4. The van der Waals surface area contributed by atoms with E-state index >= 15 is 0 Å². The Labute approximate surface area is 147 Å². The van der Waals surface area contributed by atoms with Crippen molar-refractivity contribution in [2.24, 2.45) is 0 Å². The van der Waals surface area contributed by atoms with E-state index in [9.17, 15) is 13.2 Å². The Hall–Kier alpha value is -1.24. The topological polar surface area (TPSA) is 71.4 Å². The van der Waals surface area contributed by atoms with Gasteiger partial charge in [0, 0.05) is 11.1 Å². The van der Waals surface area contributed by atoms with Gasteiger partial charge >= 0.3 is 29.6 Å². The third-order valence-electron chi connectivity index (χ3n) is 2.62. The predicted octanol–water partition coefficient (Wildman–Crippen LogP) is -0.107. The van der Waals surface area contributed by atoms with Crippen molar-refractivity contribution < 1.29 is 48.7 Å². The second-order valence-electron chi connectivity index (χ2n) is 4.14. The summed E-state index contributed by atoms with van der Waals surface area (Å²) in [4.78, 5) is 12.2. The Balaban J connectivity index is 0.00000220. The normalized spacial score (nSPS) is 11.1. The summed E-state index contributed by atoms with van der Waals surface area (Å²) in [5.41, 5.74) is 1.53. The van der Waals surface area contributed by atoms with Crippen LogP contribution >= 0.6 is 0 Å². The van der Waals surface area contributed by atoms with Crippen LogP contribution in [0.1, 0.15) is 22.9 Å². The van der Waals surface area contributed by atoms with Crippen LogP contribution in [-0.2, 0) is 10.1 Å². The fraction of sp³-hybridized carbons (Fsp3) is 0. The number of hydrogen-bond donors (Lipinski definition) is 1. The van der Waals surface area contributed by atoms with Crippen molar-refractivity contribution in [3.8, 4) is 0 Å². The van der Waals surface area contributed by atoms with E-state index in [1.807, 2.05) is 6.07 Å². The molecule has 0 radical (unpaired) electrons. The first kappa shape index (κ1) is 17.8. The van der Waals surface area contributed by atoms with Crippen LogP contribution in [0.2, 0.25) is 0 Å². The van der Waals surface area contributed by atoms with Gasteiger partial charge in [-0.25, -0.2) is 0 Å². The molecule has 21 heavy (non-hydrogen) atoms. The van der Waals surface area contributed by atoms with Crippen LogP contribution < -0.4 is 29.6 Å². The molecular weight excluding hydrogens is 299 g/mol. The fourth-order valence-corrected chi connectivity index (χ4v) is 2.03. The van der Waals surface area contributed by atoms with E-state index in [0.29, 0.717) is 22.1 Å². The summed E-state index contributed by atoms with van der Waals surface area (Å²) in [6.07, 6.45) is 1.23. The average Bonchev–Trinajstić information content (AvgIpc) is 2.45. The molecule has 0 aliphatic rings. The van der Waals surface area contributed by atoms with Gasteiger partial charge in [0.15, 0.2) is 5.78 Å². The van der Waals surface area contributed by atoms with E-state index in [-0.39, 0.29) is 36.8 Å². The summed E-state index contributed by atoms with van der Waals surface area (Å²) in [6, 6.07) is 15.3. The minimum absolute atomic E-state index is 0. The molecule has 0 amide bonds. The van der Waals surface area contributed by atoms with Crippen LogP contribution in [0, 0.1) is 0 Å². The van der Waals surface area contributed by atoms with Crippen LogP contribution in [0.5, 0.6) is 0 Å². The number of rotatable bonds is 4. The minimum atomic E-state index is -4.17. The standard InChI is InChI=1S/C15H12O4S.Na.H/c16-15(13-6-2-1-3-7-13)14-8-4-5-12(11-14)9-10-20(17,18)19;;/h1-11H,(H,17,18,19);;/q;+1;-1/b10-9+;;. The van der Waals surface area contributed by atoms with E-state index in [1.54, 1.807) is 48.5 Å². The van der Waals surface area contributed by atoms with Crippen LogP contribution in [0.3, 0.4) is 0 Å². The van der Waals surface area contributed by atoms with Gasteiger partial charge in [0.25, 0.3) is 10.1 Å². The molecule has 0 unspecified atom stereocenters. The van der Waals surface area contributed by atoms with Crippen LogP contribution in [0.25, 0.3) is 6.08 Å². The van der Waals surface area contributed by atoms with Crippen molar-refractivity contribution in [1.29, 1.82) is 0 Å². The molecule has 2 aromatic carbocycles. The molecule has 0 saturated heterocycles. The molecule has 0 spiro atoms. The molecule has 4 nitrogen and oxygen atoms in total. The van der Waals surface area contributed by atoms with Gasteiger partial charge < -0.3 is 1.43 Å². The van der Waals surface area contributed by atoms with Gasteiger partial charge in [0.2, 0.25) is 0 Å². The summed E-state index contributed by atoms with van der Waals surface area (Å²) >= 11 is 0. The number of carbonyl (C=O) groups excluding carboxylic acids is 1. The Morgan fingerprint density at radius 1 is 1.00 bits per heavy atom.